The molecule has 1 aromatic rings. The highest BCUT2D eigenvalue weighted by Gasteiger charge is 2.31. The van der Waals surface area contributed by atoms with E-state index in [1.165, 1.54) is 6.07 Å². The first-order valence-electron chi connectivity index (χ1n) is 5.39. The fourth-order valence-electron chi connectivity index (χ4n) is 2.16. The second-order valence-corrected chi connectivity index (χ2v) is 4.05. The van der Waals surface area contributed by atoms with E-state index in [1.54, 1.807) is 12.1 Å². The minimum Gasteiger partial charge on any atom is -0.480 e. The minimum atomic E-state index is -0.954. The van der Waals surface area contributed by atoms with E-state index < -0.39 is 12.0 Å². The van der Waals surface area contributed by atoms with Crippen molar-refractivity contribution >= 4 is 5.97 Å². The lowest BCUT2D eigenvalue weighted by Gasteiger charge is -2.30. The molecule has 3 nitrogen and oxygen atoms in total. The molecule has 2 rings (SSSR count). The molecule has 0 radical (unpaired) electrons. The number of aliphatic carboxylic acids is 1. The van der Waals surface area contributed by atoms with Gasteiger partial charge >= 0.3 is 5.97 Å². The number of fused-ring (bicyclic) bond motifs is 1. The maximum Gasteiger partial charge on any atom is 0.325 e. The Morgan fingerprint density at radius 3 is 3.00 bits per heavy atom. The Bertz CT molecular complexity index is 419. The molecule has 0 aliphatic carbocycles. The van der Waals surface area contributed by atoms with Gasteiger partial charge in [-0.1, -0.05) is 19.1 Å². The molecule has 16 heavy (non-hydrogen) atoms. The smallest absolute Gasteiger partial charge is 0.325 e. The number of carbonyl (C=O) groups is 1. The Hall–Kier alpha value is -1.42. The van der Waals surface area contributed by atoms with Crippen LogP contribution in [0.25, 0.3) is 0 Å². The number of nitrogens with one attached hydrogen (secondary N) is 1. The molecule has 4 heteroatoms. The van der Waals surface area contributed by atoms with Gasteiger partial charge in [0.05, 0.1) is 0 Å². The topological polar surface area (TPSA) is 49.3 Å². The molecule has 0 aromatic heterocycles. The molecule has 1 heterocycles. The first-order chi connectivity index (χ1) is 7.63. The number of hydrogen-bond donors (Lipinski definition) is 2. The quantitative estimate of drug-likeness (QED) is 0.804. The Morgan fingerprint density at radius 1 is 1.62 bits per heavy atom. The van der Waals surface area contributed by atoms with Crippen LogP contribution in [0.4, 0.5) is 4.39 Å². The maximum absolute atomic E-state index is 13.6. The zero-order valence-corrected chi connectivity index (χ0v) is 9.03. The molecule has 0 saturated carbocycles. The standard InChI is InChI=1S/C12H14FNO2/c1-2-7-6-9-8(4-3-5-10(9)13)11(14-7)12(15)16/h3-5,7,11,14H,2,6H2,1H3,(H,15,16). The van der Waals surface area contributed by atoms with Gasteiger partial charge in [0.15, 0.2) is 0 Å². The van der Waals surface area contributed by atoms with Gasteiger partial charge < -0.3 is 5.11 Å². The third kappa shape index (κ3) is 1.80. The van der Waals surface area contributed by atoms with E-state index in [4.69, 9.17) is 5.11 Å². The van der Waals surface area contributed by atoms with Crippen LogP contribution in [0.1, 0.15) is 30.5 Å². The fraction of sp³-hybridized carbons (Fsp3) is 0.417. The number of hydrogen-bond acceptors (Lipinski definition) is 2. The van der Waals surface area contributed by atoms with Crippen LogP contribution in [0, 0.1) is 5.82 Å². The van der Waals surface area contributed by atoms with Gasteiger partial charge in [0.25, 0.3) is 0 Å². The van der Waals surface area contributed by atoms with E-state index in [0.717, 1.165) is 6.42 Å². The monoisotopic (exact) mass is 223 g/mol. The molecule has 2 N–H and O–H groups in total. The van der Waals surface area contributed by atoms with Gasteiger partial charge in [-0.2, -0.15) is 0 Å². The van der Waals surface area contributed by atoms with E-state index in [1.807, 2.05) is 6.92 Å². The first kappa shape index (κ1) is 11.1. The Labute approximate surface area is 93.3 Å². The normalized spacial score (nSPS) is 23.9. The van der Waals surface area contributed by atoms with Crippen molar-refractivity contribution in [2.24, 2.45) is 0 Å². The first-order valence-corrected chi connectivity index (χ1v) is 5.39. The van der Waals surface area contributed by atoms with Crippen molar-refractivity contribution in [2.75, 3.05) is 0 Å². The van der Waals surface area contributed by atoms with Crippen LogP contribution in [-0.4, -0.2) is 17.1 Å². The van der Waals surface area contributed by atoms with E-state index in [2.05, 4.69) is 5.32 Å². The van der Waals surface area contributed by atoms with Crippen LogP contribution in [0.5, 0.6) is 0 Å². The number of benzene rings is 1. The molecule has 0 saturated heterocycles. The highest BCUT2D eigenvalue weighted by molar-refractivity contribution is 5.76. The van der Waals surface area contributed by atoms with Crippen LogP contribution in [0.3, 0.4) is 0 Å². The van der Waals surface area contributed by atoms with E-state index in [9.17, 15) is 9.18 Å². The molecule has 1 aromatic carbocycles. The molecule has 0 fully saturated rings. The maximum atomic E-state index is 13.6. The molecule has 1 aliphatic rings. The molecular weight excluding hydrogens is 209 g/mol. The van der Waals surface area contributed by atoms with Crippen molar-refractivity contribution in [1.82, 2.24) is 5.32 Å². The number of carboxylic acid groups (broad SMARTS) is 1. The average molecular weight is 223 g/mol. The molecular formula is C12H14FNO2. The summed E-state index contributed by atoms with van der Waals surface area (Å²) in [5.74, 6) is -1.26. The molecule has 2 atom stereocenters. The highest BCUT2D eigenvalue weighted by Crippen LogP contribution is 2.28. The Kier molecular flexibility index (Phi) is 2.92. The lowest BCUT2D eigenvalue weighted by Crippen LogP contribution is -2.42. The summed E-state index contributed by atoms with van der Waals surface area (Å²) in [6, 6.07) is 3.86. The fourth-order valence-corrected chi connectivity index (χ4v) is 2.16. The number of rotatable bonds is 2. The third-order valence-electron chi connectivity index (χ3n) is 3.06. The molecule has 0 bridgehead atoms. The number of carboxylic acids is 1. The summed E-state index contributed by atoms with van der Waals surface area (Å²) >= 11 is 0. The summed E-state index contributed by atoms with van der Waals surface area (Å²) in [6.45, 7) is 1.96. The second-order valence-electron chi connectivity index (χ2n) is 4.05. The van der Waals surface area contributed by atoms with Crippen molar-refractivity contribution in [1.29, 1.82) is 0 Å². The molecule has 2 unspecified atom stereocenters. The summed E-state index contributed by atoms with van der Waals surface area (Å²) in [7, 11) is 0. The lowest BCUT2D eigenvalue weighted by molar-refractivity contribution is -0.140. The van der Waals surface area contributed by atoms with Crippen LogP contribution in [0.15, 0.2) is 18.2 Å². The van der Waals surface area contributed by atoms with Gasteiger partial charge in [-0.15, -0.1) is 0 Å². The van der Waals surface area contributed by atoms with E-state index in [0.29, 0.717) is 17.5 Å². The second kappa shape index (κ2) is 4.22. The number of halogens is 1. The lowest BCUT2D eigenvalue weighted by atomic mass is 9.89. The van der Waals surface area contributed by atoms with Crippen LogP contribution in [0.2, 0.25) is 0 Å². The summed E-state index contributed by atoms with van der Waals surface area (Å²) < 4.78 is 13.6. The van der Waals surface area contributed by atoms with Gasteiger partial charge in [-0.05, 0) is 30.0 Å². The van der Waals surface area contributed by atoms with Crippen molar-refractivity contribution in [2.45, 2.75) is 31.8 Å². The van der Waals surface area contributed by atoms with Crippen LogP contribution < -0.4 is 5.32 Å². The highest BCUT2D eigenvalue weighted by atomic mass is 19.1. The predicted octanol–water partition coefficient (Wildman–Crippen LogP) is 1.88. The van der Waals surface area contributed by atoms with Crippen molar-refractivity contribution in [3.63, 3.8) is 0 Å². The Balaban J connectivity index is 2.46. The summed E-state index contributed by atoms with van der Waals surface area (Å²) in [4.78, 5) is 11.1. The SMILES string of the molecule is CCC1Cc2c(F)cccc2C(C(=O)O)N1. The average Bonchev–Trinajstić information content (AvgIpc) is 2.28. The molecule has 0 spiro atoms. The zero-order valence-electron chi connectivity index (χ0n) is 9.03. The molecule has 0 amide bonds. The van der Waals surface area contributed by atoms with E-state index in [-0.39, 0.29) is 11.9 Å². The largest absolute Gasteiger partial charge is 0.480 e. The van der Waals surface area contributed by atoms with Crippen LogP contribution in [-0.2, 0) is 11.2 Å². The van der Waals surface area contributed by atoms with Gasteiger partial charge in [0.1, 0.15) is 11.9 Å². The van der Waals surface area contributed by atoms with Gasteiger partial charge in [0.2, 0.25) is 0 Å². The predicted molar refractivity (Wildman–Crippen MR) is 57.7 cm³/mol. The zero-order chi connectivity index (χ0) is 11.7. The van der Waals surface area contributed by atoms with Crippen molar-refractivity contribution < 1.29 is 14.3 Å². The minimum absolute atomic E-state index is 0.0329. The molecule has 86 valence electrons. The van der Waals surface area contributed by atoms with Gasteiger partial charge in [-0.25, -0.2) is 4.39 Å². The van der Waals surface area contributed by atoms with Crippen molar-refractivity contribution in [3.05, 3.63) is 35.1 Å². The molecule has 1 aliphatic heterocycles. The Morgan fingerprint density at radius 2 is 2.38 bits per heavy atom. The summed E-state index contributed by atoms with van der Waals surface area (Å²) in [6.07, 6.45) is 1.35. The van der Waals surface area contributed by atoms with E-state index >= 15 is 0 Å². The third-order valence-corrected chi connectivity index (χ3v) is 3.06. The summed E-state index contributed by atoms with van der Waals surface area (Å²) in [5, 5.41) is 12.1. The van der Waals surface area contributed by atoms with Crippen molar-refractivity contribution in [3.8, 4) is 0 Å². The van der Waals surface area contributed by atoms with Gasteiger partial charge in [-0.3, -0.25) is 10.1 Å². The summed E-state index contributed by atoms with van der Waals surface area (Å²) in [5.41, 5.74) is 1.10. The van der Waals surface area contributed by atoms with Crippen LogP contribution >= 0.6 is 0 Å². The van der Waals surface area contributed by atoms with Gasteiger partial charge in [0, 0.05) is 6.04 Å².